The van der Waals surface area contributed by atoms with Crippen molar-refractivity contribution in [3.8, 4) is 11.5 Å². The predicted molar refractivity (Wildman–Crippen MR) is 85.6 cm³/mol. The van der Waals surface area contributed by atoms with Gasteiger partial charge in [-0.15, -0.1) is 0 Å². The van der Waals surface area contributed by atoms with Crippen LogP contribution in [0.25, 0.3) is 0 Å². The van der Waals surface area contributed by atoms with Gasteiger partial charge in [-0.1, -0.05) is 12.1 Å². The van der Waals surface area contributed by atoms with Crippen molar-refractivity contribution >= 4 is 23.3 Å². The fourth-order valence-corrected chi connectivity index (χ4v) is 2.61. The third-order valence-corrected chi connectivity index (χ3v) is 3.55. The number of phenols is 1. The summed E-state index contributed by atoms with van der Waals surface area (Å²) in [5, 5.41) is 16.6. The Kier molecular flexibility index (Phi) is 4.87. The van der Waals surface area contributed by atoms with Crippen LogP contribution < -0.4 is 15.4 Å². The average Bonchev–Trinajstić information content (AvgIpc) is 2.46. The van der Waals surface area contributed by atoms with Crippen LogP contribution in [0.5, 0.6) is 11.5 Å². The molecular weight excluding hydrogens is 304 g/mol. The standard InChI is InChI=1S/C15H18N2O4S/c1-4-21-14(19)11-8(2)16-15(22)17-12(11)9-6-5-7-10(20-3)13(9)18/h5-7,12,18H,4H2,1-3H3,(H2,16,17,22). The van der Waals surface area contributed by atoms with Crippen LogP contribution in [0, 0.1) is 0 Å². The van der Waals surface area contributed by atoms with Crippen molar-refractivity contribution in [1.29, 1.82) is 0 Å². The van der Waals surface area contributed by atoms with Crippen molar-refractivity contribution in [2.45, 2.75) is 19.9 Å². The molecule has 0 radical (unpaired) electrons. The zero-order valence-corrected chi connectivity index (χ0v) is 13.4. The Morgan fingerprint density at radius 3 is 2.82 bits per heavy atom. The number of aromatic hydroxyl groups is 1. The van der Waals surface area contributed by atoms with E-state index >= 15 is 0 Å². The van der Waals surface area contributed by atoms with Gasteiger partial charge in [0.05, 0.1) is 25.3 Å². The second-order valence-electron chi connectivity index (χ2n) is 4.69. The Labute approximate surface area is 134 Å². The summed E-state index contributed by atoms with van der Waals surface area (Å²) in [7, 11) is 1.46. The van der Waals surface area contributed by atoms with Gasteiger partial charge in [-0.3, -0.25) is 0 Å². The van der Waals surface area contributed by atoms with E-state index in [1.807, 2.05) is 0 Å². The van der Waals surface area contributed by atoms with Crippen molar-refractivity contribution in [1.82, 2.24) is 10.6 Å². The minimum atomic E-state index is -0.608. The van der Waals surface area contributed by atoms with E-state index in [4.69, 9.17) is 21.7 Å². The first kappa shape index (κ1) is 16.1. The third-order valence-electron chi connectivity index (χ3n) is 3.33. The lowest BCUT2D eigenvalue weighted by molar-refractivity contribution is -0.139. The van der Waals surface area contributed by atoms with Crippen molar-refractivity contribution in [3.05, 3.63) is 35.0 Å². The number of allylic oxidation sites excluding steroid dienone is 1. The molecule has 0 aliphatic carbocycles. The number of rotatable bonds is 4. The molecule has 0 bridgehead atoms. The van der Waals surface area contributed by atoms with Crippen molar-refractivity contribution < 1.29 is 19.4 Å². The highest BCUT2D eigenvalue weighted by Crippen LogP contribution is 2.38. The highest BCUT2D eigenvalue weighted by atomic mass is 32.1. The molecule has 22 heavy (non-hydrogen) atoms. The fraction of sp³-hybridized carbons (Fsp3) is 0.333. The van der Waals surface area contributed by atoms with Crippen LogP contribution in [0.1, 0.15) is 25.5 Å². The van der Waals surface area contributed by atoms with Gasteiger partial charge in [0.1, 0.15) is 0 Å². The van der Waals surface area contributed by atoms with Gasteiger partial charge in [0.2, 0.25) is 0 Å². The molecule has 6 nitrogen and oxygen atoms in total. The molecule has 0 spiro atoms. The topological polar surface area (TPSA) is 79.8 Å². The molecule has 7 heteroatoms. The van der Waals surface area contributed by atoms with Gasteiger partial charge in [0, 0.05) is 11.3 Å². The normalized spacial score (nSPS) is 17.6. The molecular formula is C15H18N2O4S. The van der Waals surface area contributed by atoms with Crippen LogP contribution in [0.15, 0.2) is 29.5 Å². The summed E-state index contributed by atoms with van der Waals surface area (Å²) in [5.41, 5.74) is 1.46. The van der Waals surface area contributed by atoms with E-state index in [2.05, 4.69) is 10.6 Å². The average molecular weight is 322 g/mol. The summed E-state index contributed by atoms with van der Waals surface area (Å²) in [5.74, 6) is -0.180. The van der Waals surface area contributed by atoms with E-state index in [9.17, 15) is 9.90 Å². The van der Waals surface area contributed by atoms with Gasteiger partial charge in [0.25, 0.3) is 0 Å². The van der Waals surface area contributed by atoms with E-state index < -0.39 is 12.0 Å². The SMILES string of the molecule is CCOC(=O)C1=C(C)NC(=S)NC1c1cccc(OC)c1O. The number of carbonyl (C=O) groups excluding carboxylic acids is 1. The van der Waals surface area contributed by atoms with Gasteiger partial charge in [-0.25, -0.2) is 4.79 Å². The maximum Gasteiger partial charge on any atom is 0.338 e. The first-order valence-corrected chi connectivity index (χ1v) is 7.21. The molecule has 1 unspecified atom stereocenters. The Bertz CT molecular complexity index is 642. The van der Waals surface area contributed by atoms with E-state index in [-0.39, 0.29) is 12.4 Å². The first-order chi connectivity index (χ1) is 10.5. The minimum absolute atomic E-state index is 0.0400. The maximum atomic E-state index is 12.2. The highest BCUT2D eigenvalue weighted by molar-refractivity contribution is 7.80. The van der Waals surface area contributed by atoms with Crippen LogP contribution in [-0.2, 0) is 9.53 Å². The van der Waals surface area contributed by atoms with Crippen LogP contribution in [0.2, 0.25) is 0 Å². The number of phenolic OH excluding ortho intramolecular Hbond substituents is 1. The lowest BCUT2D eigenvalue weighted by Crippen LogP contribution is -2.45. The molecule has 2 rings (SSSR count). The lowest BCUT2D eigenvalue weighted by atomic mass is 9.94. The Hall–Kier alpha value is -2.28. The molecule has 1 aromatic rings. The molecule has 1 aliphatic rings. The molecule has 1 atom stereocenters. The van der Waals surface area contributed by atoms with Crippen LogP contribution >= 0.6 is 12.2 Å². The largest absolute Gasteiger partial charge is 0.504 e. The van der Waals surface area contributed by atoms with E-state index in [1.165, 1.54) is 7.11 Å². The van der Waals surface area contributed by atoms with Crippen LogP contribution in [0.4, 0.5) is 0 Å². The second-order valence-corrected chi connectivity index (χ2v) is 5.10. The molecule has 0 amide bonds. The molecule has 1 aromatic carbocycles. The second kappa shape index (κ2) is 6.65. The van der Waals surface area contributed by atoms with Gasteiger partial charge >= 0.3 is 5.97 Å². The molecule has 0 saturated heterocycles. The quantitative estimate of drug-likeness (QED) is 0.576. The number of para-hydroxylation sites is 1. The van der Waals surface area contributed by atoms with Crippen molar-refractivity contribution in [2.24, 2.45) is 0 Å². The van der Waals surface area contributed by atoms with Crippen molar-refractivity contribution in [2.75, 3.05) is 13.7 Å². The van der Waals surface area contributed by atoms with E-state index in [0.29, 0.717) is 27.7 Å². The predicted octanol–water partition coefficient (Wildman–Crippen LogP) is 1.76. The van der Waals surface area contributed by atoms with Gasteiger partial charge in [0.15, 0.2) is 16.6 Å². The number of benzene rings is 1. The minimum Gasteiger partial charge on any atom is -0.504 e. The number of hydrogen-bond donors (Lipinski definition) is 3. The Morgan fingerprint density at radius 1 is 1.45 bits per heavy atom. The smallest absolute Gasteiger partial charge is 0.338 e. The van der Waals surface area contributed by atoms with Gasteiger partial charge in [-0.2, -0.15) is 0 Å². The Balaban J connectivity index is 2.53. The first-order valence-electron chi connectivity index (χ1n) is 6.80. The number of ether oxygens (including phenoxy) is 2. The van der Waals surface area contributed by atoms with E-state index in [0.717, 1.165) is 0 Å². The maximum absolute atomic E-state index is 12.2. The number of nitrogens with one attached hydrogen (secondary N) is 2. The highest BCUT2D eigenvalue weighted by Gasteiger charge is 2.33. The third kappa shape index (κ3) is 2.99. The molecule has 118 valence electrons. The summed E-state index contributed by atoms with van der Waals surface area (Å²) in [6, 6.07) is 4.47. The number of thiocarbonyl (C=S) groups is 1. The zero-order valence-electron chi connectivity index (χ0n) is 12.6. The number of carbonyl (C=O) groups is 1. The Morgan fingerprint density at radius 2 is 2.18 bits per heavy atom. The molecule has 0 fully saturated rings. The summed E-state index contributed by atoms with van der Waals surface area (Å²) in [4.78, 5) is 12.2. The molecule has 0 aromatic heterocycles. The summed E-state index contributed by atoms with van der Waals surface area (Å²) in [6.07, 6.45) is 0. The summed E-state index contributed by atoms with van der Waals surface area (Å²) < 4.78 is 10.2. The summed E-state index contributed by atoms with van der Waals surface area (Å²) in [6.45, 7) is 3.74. The van der Waals surface area contributed by atoms with Crippen LogP contribution in [-0.4, -0.2) is 29.9 Å². The molecule has 1 aliphatic heterocycles. The fourth-order valence-electron chi connectivity index (χ4n) is 2.34. The zero-order chi connectivity index (χ0) is 16.3. The number of esters is 1. The molecule has 3 N–H and O–H groups in total. The summed E-state index contributed by atoms with van der Waals surface area (Å²) >= 11 is 5.15. The van der Waals surface area contributed by atoms with Crippen molar-refractivity contribution in [3.63, 3.8) is 0 Å². The van der Waals surface area contributed by atoms with Gasteiger partial charge in [-0.05, 0) is 32.1 Å². The monoisotopic (exact) mass is 322 g/mol. The number of methoxy groups -OCH3 is 1. The van der Waals surface area contributed by atoms with Gasteiger partial charge < -0.3 is 25.2 Å². The van der Waals surface area contributed by atoms with E-state index in [1.54, 1.807) is 32.0 Å². The molecule has 1 heterocycles. The lowest BCUT2D eigenvalue weighted by Gasteiger charge is -2.30. The number of hydrogen-bond acceptors (Lipinski definition) is 5. The molecule has 0 saturated carbocycles. The van der Waals surface area contributed by atoms with Crippen LogP contribution in [0.3, 0.4) is 0 Å².